The van der Waals surface area contributed by atoms with Gasteiger partial charge in [-0.05, 0) is 32.5 Å². The summed E-state index contributed by atoms with van der Waals surface area (Å²) in [6, 6.07) is 5.31. The van der Waals surface area contributed by atoms with Crippen LogP contribution < -0.4 is 5.32 Å². The van der Waals surface area contributed by atoms with E-state index in [0.29, 0.717) is 11.8 Å². The number of aromatic hydroxyl groups is 1. The lowest BCUT2D eigenvalue weighted by Crippen LogP contribution is -2.15. The van der Waals surface area contributed by atoms with E-state index in [1.165, 1.54) is 0 Å². The fraction of sp³-hybridized carbons (Fsp3) is 0.385. The van der Waals surface area contributed by atoms with Gasteiger partial charge in [-0.25, -0.2) is 0 Å². The number of nitrogens with one attached hydrogen (secondary N) is 1. The summed E-state index contributed by atoms with van der Waals surface area (Å²) in [6.07, 6.45) is 0.872. The van der Waals surface area contributed by atoms with Crippen molar-refractivity contribution in [2.45, 2.75) is 26.3 Å². The second-order valence-corrected chi connectivity index (χ2v) is 4.14. The van der Waals surface area contributed by atoms with Gasteiger partial charge in [0, 0.05) is 11.1 Å². The highest BCUT2D eigenvalue weighted by Gasteiger charge is 2.17. The smallest absolute Gasteiger partial charge is 0.248 e. The van der Waals surface area contributed by atoms with Crippen molar-refractivity contribution < 1.29 is 9.52 Å². The van der Waals surface area contributed by atoms with Gasteiger partial charge >= 0.3 is 0 Å². The van der Waals surface area contributed by atoms with Gasteiger partial charge in [-0.15, -0.1) is 10.2 Å². The van der Waals surface area contributed by atoms with E-state index in [4.69, 9.17) is 4.42 Å². The molecule has 96 valence electrons. The van der Waals surface area contributed by atoms with E-state index in [0.717, 1.165) is 17.5 Å². The minimum atomic E-state index is 0.0591. The third-order valence-electron chi connectivity index (χ3n) is 3.03. The molecule has 0 amide bonds. The van der Waals surface area contributed by atoms with Crippen LogP contribution in [0.2, 0.25) is 0 Å². The van der Waals surface area contributed by atoms with E-state index in [1.807, 2.05) is 27.0 Å². The third-order valence-corrected chi connectivity index (χ3v) is 3.03. The van der Waals surface area contributed by atoms with E-state index >= 15 is 0 Å². The SMILES string of the molecule is CCC(NC)c1nnc(-c2cccc(O)c2C)o1. The predicted molar refractivity (Wildman–Crippen MR) is 68.2 cm³/mol. The summed E-state index contributed by atoms with van der Waals surface area (Å²) in [5.74, 6) is 1.23. The van der Waals surface area contributed by atoms with Gasteiger partial charge in [0.05, 0.1) is 6.04 Å². The molecule has 0 radical (unpaired) electrons. The summed E-state index contributed by atoms with van der Waals surface area (Å²) < 4.78 is 5.65. The van der Waals surface area contributed by atoms with Crippen LogP contribution in [0.15, 0.2) is 22.6 Å². The Balaban J connectivity index is 2.38. The van der Waals surface area contributed by atoms with Gasteiger partial charge in [-0.2, -0.15) is 0 Å². The van der Waals surface area contributed by atoms with Gasteiger partial charge in [0.15, 0.2) is 0 Å². The maximum absolute atomic E-state index is 9.67. The molecule has 0 aliphatic carbocycles. The Kier molecular flexibility index (Phi) is 3.62. The fourth-order valence-corrected chi connectivity index (χ4v) is 1.84. The highest BCUT2D eigenvalue weighted by atomic mass is 16.4. The number of rotatable bonds is 4. The van der Waals surface area contributed by atoms with Crippen LogP contribution >= 0.6 is 0 Å². The molecule has 1 atom stereocenters. The van der Waals surface area contributed by atoms with Crippen LogP contribution in [0.4, 0.5) is 0 Å². The Morgan fingerprint density at radius 2 is 2.17 bits per heavy atom. The molecular formula is C13H17N3O2. The van der Waals surface area contributed by atoms with Gasteiger partial charge in [0.2, 0.25) is 11.8 Å². The topological polar surface area (TPSA) is 71.2 Å². The molecule has 1 aromatic heterocycles. The minimum Gasteiger partial charge on any atom is -0.508 e. The van der Waals surface area contributed by atoms with Crippen molar-refractivity contribution in [2.24, 2.45) is 0 Å². The van der Waals surface area contributed by atoms with E-state index in [-0.39, 0.29) is 11.8 Å². The standard InChI is InChI=1S/C13H17N3O2/c1-4-10(14-3)13-16-15-12(18-13)9-6-5-7-11(17)8(9)2/h5-7,10,14,17H,4H2,1-3H3. The second kappa shape index (κ2) is 5.18. The van der Waals surface area contributed by atoms with Crippen LogP contribution in [0.3, 0.4) is 0 Å². The van der Waals surface area contributed by atoms with Crippen molar-refractivity contribution in [3.05, 3.63) is 29.7 Å². The molecule has 0 fully saturated rings. The first-order valence-electron chi connectivity index (χ1n) is 5.97. The van der Waals surface area contributed by atoms with Crippen molar-refractivity contribution in [1.29, 1.82) is 0 Å². The average Bonchev–Trinajstić information content (AvgIpc) is 2.84. The van der Waals surface area contributed by atoms with E-state index in [9.17, 15) is 5.11 Å². The van der Waals surface area contributed by atoms with E-state index in [2.05, 4.69) is 15.5 Å². The summed E-state index contributed by atoms with van der Waals surface area (Å²) in [7, 11) is 1.86. The Hall–Kier alpha value is -1.88. The molecule has 1 unspecified atom stereocenters. The normalized spacial score (nSPS) is 12.6. The van der Waals surface area contributed by atoms with Crippen LogP contribution in [-0.2, 0) is 0 Å². The highest BCUT2D eigenvalue weighted by Crippen LogP contribution is 2.29. The molecule has 0 aliphatic rings. The van der Waals surface area contributed by atoms with E-state index in [1.54, 1.807) is 12.1 Å². The number of benzene rings is 1. The number of phenols is 1. The van der Waals surface area contributed by atoms with Crippen molar-refractivity contribution in [2.75, 3.05) is 7.05 Å². The van der Waals surface area contributed by atoms with E-state index < -0.39 is 0 Å². The highest BCUT2D eigenvalue weighted by molar-refractivity contribution is 5.61. The molecule has 0 spiro atoms. The molecule has 18 heavy (non-hydrogen) atoms. The molecular weight excluding hydrogens is 230 g/mol. The van der Waals surface area contributed by atoms with Crippen LogP contribution in [0.5, 0.6) is 5.75 Å². The molecule has 2 aromatic rings. The maximum Gasteiger partial charge on any atom is 0.248 e. The second-order valence-electron chi connectivity index (χ2n) is 4.14. The molecule has 1 heterocycles. The van der Waals surface area contributed by atoms with Crippen LogP contribution in [0.25, 0.3) is 11.5 Å². The maximum atomic E-state index is 9.67. The summed E-state index contributed by atoms with van der Waals surface area (Å²) in [4.78, 5) is 0. The Bertz CT molecular complexity index is 533. The molecule has 0 saturated carbocycles. The average molecular weight is 247 g/mol. The summed E-state index contributed by atoms with van der Waals surface area (Å²) in [5, 5.41) is 20.9. The zero-order valence-electron chi connectivity index (χ0n) is 10.8. The number of nitrogens with zero attached hydrogens (tertiary/aromatic N) is 2. The first-order valence-corrected chi connectivity index (χ1v) is 5.97. The number of phenolic OH excluding ortho intramolecular Hbond substituents is 1. The van der Waals surface area contributed by atoms with Gasteiger partial charge < -0.3 is 14.8 Å². The lowest BCUT2D eigenvalue weighted by Gasteiger charge is -2.07. The van der Waals surface area contributed by atoms with Crippen molar-refractivity contribution >= 4 is 0 Å². The summed E-state index contributed by atoms with van der Waals surface area (Å²) >= 11 is 0. The van der Waals surface area contributed by atoms with Gasteiger partial charge in [0.1, 0.15) is 5.75 Å². The van der Waals surface area contributed by atoms with Crippen LogP contribution in [0.1, 0.15) is 30.8 Å². The Labute approximate surface area is 106 Å². The quantitative estimate of drug-likeness (QED) is 0.868. The largest absolute Gasteiger partial charge is 0.508 e. The third kappa shape index (κ3) is 2.22. The predicted octanol–water partition coefficient (Wildman–Crippen LogP) is 2.42. The summed E-state index contributed by atoms with van der Waals surface area (Å²) in [5.41, 5.74) is 1.50. The molecule has 0 bridgehead atoms. The Morgan fingerprint density at radius 1 is 1.39 bits per heavy atom. The number of hydrogen-bond acceptors (Lipinski definition) is 5. The molecule has 5 nitrogen and oxygen atoms in total. The van der Waals surface area contributed by atoms with Crippen molar-refractivity contribution in [3.63, 3.8) is 0 Å². The van der Waals surface area contributed by atoms with Gasteiger partial charge in [-0.3, -0.25) is 0 Å². The van der Waals surface area contributed by atoms with Crippen molar-refractivity contribution in [1.82, 2.24) is 15.5 Å². The fourth-order valence-electron chi connectivity index (χ4n) is 1.84. The molecule has 1 aromatic carbocycles. The molecule has 2 N–H and O–H groups in total. The summed E-state index contributed by atoms with van der Waals surface area (Å²) in [6.45, 7) is 3.87. The first-order chi connectivity index (χ1) is 8.67. The van der Waals surface area contributed by atoms with Gasteiger partial charge in [-0.1, -0.05) is 13.0 Å². The lowest BCUT2D eigenvalue weighted by atomic mass is 10.1. The molecule has 2 rings (SSSR count). The zero-order valence-corrected chi connectivity index (χ0v) is 10.8. The molecule has 5 heteroatoms. The monoisotopic (exact) mass is 247 g/mol. The molecule has 0 saturated heterocycles. The van der Waals surface area contributed by atoms with Crippen molar-refractivity contribution in [3.8, 4) is 17.2 Å². The lowest BCUT2D eigenvalue weighted by molar-refractivity contribution is 0.414. The van der Waals surface area contributed by atoms with Crippen LogP contribution in [-0.4, -0.2) is 22.4 Å². The number of aromatic nitrogens is 2. The molecule has 0 aliphatic heterocycles. The minimum absolute atomic E-state index is 0.0591. The number of hydrogen-bond donors (Lipinski definition) is 2. The van der Waals surface area contributed by atoms with Gasteiger partial charge in [0.25, 0.3) is 0 Å². The zero-order chi connectivity index (χ0) is 13.1. The first kappa shape index (κ1) is 12.6. The Morgan fingerprint density at radius 3 is 2.83 bits per heavy atom. The van der Waals surface area contributed by atoms with Crippen LogP contribution in [0, 0.1) is 6.92 Å².